The summed E-state index contributed by atoms with van der Waals surface area (Å²) >= 11 is 0. The van der Waals surface area contributed by atoms with E-state index in [9.17, 15) is 0 Å². The van der Waals surface area contributed by atoms with Gasteiger partial charge in [-0.05, 0) is 45.8 Å². The zero-order valence-electron chi connectivity index (χ0n) is 17.7. The second-order valence-electron chi connectivity index (χ2n) is 8.65. The number of fused-ring (bicyclic) bond motifs is 14. The lowest BCUT2D eigenvalue weighted by molar-refractivity contribution is 1.25. The largest absolute Gasteiger partial charge is 0.292 e. The second-order valence-corrected chi connectivity index (χ2v) is 8.65. The minimum absolute atomic E-state index is 0.901. The van der Waals surface area contributed by atoms with E-state index in [-0.39, 0.29) is 0 Å². The summed E-state index contributed by atoms with van der Waals surface area (Å²) in [7, 11) is 0. The van der Waals surface area contributed by atoms with E-state index >= 15 is 0 Å². The highest BCUT2D eigenvalue weighted by Gasteiger charge is 2.19. The van der Waals surface area contributed by atoms with E-state index in [0.717, 1.165) is 27.7 Å². The van der Waals surface area contributed by atoms with Gasteiger partial charge in [0.1, 0.15) is 5.52 Å². The third-order valence-corrected chi connectivity index (χ3v) is 6.90. The van der Waals surface area contributed by atoms with Crippen molar-refractivity contribution < 1.29 is 0 Å². The van der Waals surface area contributed by atoms with Crippen molar-refractivity contribution in [2.45, 2.75) is 0 Å². The average molecular weight is 419 g/mol. The van der Waals surface area contributed by atoms with Gasteiger partial charge in [-0.1, -0.05) is 78.9 Å². The summed E-state index contributed by atoms with van der Waals surface area (Å²) in [6.45, 7) is 0. The number of nitrogens with zero attached hydrogens (tertiary/aromatic N) is 3. The van der Waals surface area contributed by atoms with E-state index in [4.69, 9.17) is 9.97 Å². The van der Waals surface area contributed by atoms with Gasteiger partial charge in [0.15, 0.2) is 5.65 Å². The predicted molar refractivity (Wildman–Crippen MR) is 138 cm³/mol. The van der Waals surface area contributed by atoms with Gasteiger partial charge in [0, 0.05) is 16.2 Å². The third kappa shape index (κ3) is 2.14. The maximum absolute atomic E-state index is 5.22. The standard InChI is InChI=1S/C30H17N3/c1-8-16-25-18(9-1)17-26-27-21-12-4-2-10-19(21)20-11-3-5-13-22(20)28(27)29-30(33(25)26)32-24-15-7-6-14-23(24)31-29/h1-17H. The van der Waals surface area contributed by atoms with Crippen LogP contribution in [0.25, 0.3) is 70.9 Å². The molecule has 3 aromatic heterocycles. The molecule has 0 N–H and O–H groups in total. The predicted octanol–water partition coefficient (Wildman–Crippen LogP) is 7.65. The van der Waals surface area contributed by atoms with Gasteiger partial charge in [-0.3, -0.25) is 4.40 Å². The zero-order valence-corrected chi connectivity index (χ0v) is 17.7. The number of pyridine rings is 1. The monoisotopic (exact) mass is 419 g/mol. The molecule has 0 unspecified atom stereocenters. The summed E-state index contributed by atoms with van der Waals surface area (Å²) in [6.07, 6.45) is 0. The summed E-state index contributed by atoms with van der Waals surface area (Å²) in [4.78, 5) is 10.4. The lowest BCUT2D eigenvalue weighted by atomic mass is 9.94. The molecule has 0 aliphatic carbocycles. The first-order valence-electron chi connectivity index (χ1n) is 11.2. The van der Waals surface area contributed by atoms with E-state index in [2.05, 4.69) is 89.3 Å². The first kappa shape index (κ1) is 17.1. The van der Waals surface area contributed by atoms with Crippen LogP contribution < -0.4 is 0 Å². The molecule has 33 heavy (non-hydrogen) atoms. The average Bonchev–Trinajstić information content (AvgIpc) is 3.27. The Kier molecular flexibility index (Phi) is 3.14. The summed E-state index contributed by atoms with van der Waals surface area (Å²) in [5, 5.41) is 8.59. The molecular formula is C30H17N3. The van der Waals surface area contributed by atoms with Crippen molar-refractivity contribution in [2.24, 2.45) is 0 Å². The van der Waals surface area contributed by atoms with Crippen LogP contribution in [-0.4, -0.2) is 14.4 Å². The van der Waals surface area contributed by atoms with Crippen LogP contribution >= 0.6 is 0 Å². The fourth-order valence-electron chi connectivity index (χ4n) is 5.53. The summed E-state index contributed by atoms with van der Waals surface area (Å²) in [5.74, 6) is 0. The number of hydrogen-bond acceptors (Lipinski definition) is 2. The molecule has 3 nitrogen and oxygen atoms in total. The molecule has 0 spiro atoms. The van der Waals surface area contributed by atoms with Gasteiger partial charge in [-0.2, -0.15) is 0 Å². The molecule has 0 amide bonds. The Morgan fingerprint density at radius 3 is 1.82 bits per heavy atom. The van der Waals surface area contributed by atoms with E-state index in [1.807, 2.05) is 18.2 Å². The first-order chi connectivity index (χ1) is 16.4. The Morgan fingerprint density at radius 2 is 1.06 bits per heavy atom. The minimum Gasteiger partial charge on any atom is -0.292 e. The van der Waals surface area contributed by atoms with E-state index in [1.54, 1.807) is 0 Å². The maximum atomic E-state index is 5.22. The lowest BCUT2D eigenvalue weighted by Crippen LogP contribution is -1.98. The molecule has 8 aromatic rings. The van der Waals surface area contributed by atoms with Crippen LogP contribution in [0.15, 0.2) is 103 Å². The fourth-order valence-corrected chi connectivity index (χ4v) is 5.53. The summed E-state index contributed by atoms with van der Waals surface area (Å²) in [5.41, 5.74) is 6.00. The van der Waals surface area contributed by atoms with Gasteiger partial charge >= 0.3 is 0 Å². The molecule has 152 valence electrons. The fraction of sp³-hybridized carbons (Fsp3) is 0. The molecule has 0 saturated heterocycles. The maximum Gasteiger partial charge on any atom is 0.165 e. The van der Waals surface area contributed by atoms with Crippen LogP contribution in [0.4, 0.5) is 0 Å². The topological polar surface area (TPSA) is 30.2 Å². The number of aromatic nitrogens is 3. The van der Waals surface area contributed by atoms with Gasteiger partial charge in [-0.25, -0.2) is 9.97 Å². The van der Waals surface area contributed by atoms with Crippen LogP contribution in [0.5, 0.6) is 0 Å². The molecule has 0 aliphatic heterocycles. The van der Waals surface area contributed by atoms with Gasteiger partial charge in [0.05, 0.1) is 22.1 Å². The van der Waals surface area contributed by atoms with E-state index in [1.165, 1.54) is 43.2 Å². The van der Waals surface area contributed by atoms with Crippen LogP contribution in [0, 0.1) is 0 Å². The van der Waals surface area contributed by atoms with Gasteiger partial charge < -0.3 is 0 Å². The Hall–Kier alpha value is -4.50. The Bertz CT molecular complexity index is 2080. The van der Waals surface area contributed by atoms with Crippen molar-refractivity contribution in [3.8, 4) is 0 Å². The van der Waals surface area contributed by atoms with E-state index < -0.39 is 0 Å². The molecule has 0 aliphatic rings. The highest BCUT2D eigenvalue weighted by Crippen LogP contribution is 2.42. The van der Waals surface area contributed by atoms with Crippen LogP contribution in [0.3, 0.4) is 0 Å². The number of hydrogen-bond donors (Lipinski definition) is 0. The molecule has 3 heteroatoms. The number of rotatable bonds is 0. The molecule has 5 aromatic carbocycles. The Labute approximate surface area is 188 Å². The molecule has 0 radical (unpaired) electrons. The quantitative estimate of drug-likeness (QED) is 0.187. The Balaban J connectivity index is 1.84. The highest BCUT2D eigenvalue weighted by molar-refractivity contribution is 6.34. The van der Waals surface area contributed by atoms with Crippen molar-refractivity contribution in [1.82, 2.24) is 14.4 Å². The normalized spacial score (nSPS) is 12.2. The molecule has 0 bridgehead atoms. The summed E-state index contributed by atoms with van der Waals surface area (Å²) in [6, 6.07) is 36.4. The molecule has 3 heterocycles. The van der Waals surface area contributed by atoms with Gasteiger partial charge in [0.2, 0.25) is 0 Å². The molecule has 0 atom stereocenters. The SMILES string of the molecule is c1ccc2c(c1)cc1c3c4ccccc4c4ccccc4c3c3nc4ccccc4nc3n21. The smallest absolute Gasteiger partial charge is 0.165 e. The second kappa shape index (κ2) is 6.05. The molecule has 0 saturated carbocycles. The van der Waals surface area contributed by atoms with Crippen LogP contribution in [0.2, 0.25) is 0 Å². The van der Waals surface area contributed by atoms with Crippen LogP contribution in [-0.2, 0) is 0 Å². The van der Waals surface area contributed by atoms with E-state index in [0.29, 0.717) is 0 Å². The number of benzene rings is 5. The minimum atomic E-state index is 0.901. The van der Waals surface area contributed by atoms with Gasteiger partial charge in [-0.15, -0.1) is 0 Å². The molecule has 8 rings (SSSR count). The van der Waals surface area contributed by atoms with Crippen molar-refractivity contribution in [3.05, 3.63) is 103 Å². The van der Waals surface area contributed by atoms with Crippen LogP contribution in [0.1, 0.15) is 0 Å². The van der Waals surface area contributed by atoms with Crippen molar-refractivity contribution in [2.75, 3.05) is 0 Å². The van der Waals surface area contributed by atoms with Crippen molar-refractivity contribution >= 4 is 70.9 Å². The highest BCUT2D eigenvalue weighted by atomic mass is 15.0. The van der Waals surface area contributed by atoms with Gasteiger partial charge in [0.25, 0.3) is 0 Å². The van der Waals surface area contributed by atoms with Crippen molar-refractivity contribution in [1.29, 1.82) is 0 Å². The molecule has 0 fully saturated rings. The first-order valence-corrected chi connectivity index (χ1v) is 11.2. The Morgan fingerprint density at radius 1 is 0.485 bits per heavy atom. The third-order valence-electron chi connectivity index (χ3n) is 6.90. The molecular weight excluding hydrogens is 402 g/mol. The zero-order chi connectivity index (χ0) is 21.5. The van der Waals surface area contributed by atoms with Crippen molar-refractivity contribution in [3.63, 3.8) is 0 Å². The number of para-hydroxylation sites is 3. The lowest BCUT2D eigenvalue weighted by Gasteiger charge is -2.15. The summed E-state index contributed by atoms with van der Waals surface area (Å²) < 4.78 is 2.30.